The van der Waals surface area contributed by atoms with Crippen molar-refractivity contribution in [3.8, 4) is 0 Å². The summed E-state index contributed by atoms with van der Waals surface area (Å²) < 4.78 is 1.99. The third kappa shape index (κ3) is 4.81. The highest BCUT2D eigenvalue weighted by Gasteiger charge is 2.20. The SMILES string of the molecule is CCn1cc(C(CC(C)CC(C)(C)C)NC)cn1. The Bertz CT molecular complexity index is 349. The summed E-state index contributed by atoms with van der Waals surface area (Å²) in [7, 11) is 2.04. The van der Waals surface area contributed by atoms with Crippen LogP contribution in [0.2, 0.25) is 0 Å². The number of hydrogen-bond acceptors (Lipinski definition) is 2. The average molecular weight is 251 g/mol. The van der Waals surface area contributed by atoms with E-state index < -0.39 is 0 Å². The van der Waals surface area contributed by atoms with E-state index in [1.54, 1.807) is 0 Å². The molecule has 0 bridgehead atoms. The summed E-state index contributed by atoms with van der Waals surface area (Å²) in [6.07, 6.45) is 6.58. The first kappa shape index (κ1) is 15.2. The third-order valence-corrected chi connectivity index (χ3v) is 3.33. The van der Waals surface area contributed by atoms with Crippen molar-refractivity contribution in [2.75, 3.05) is 7.05 Å². The number of rotatable bonds is 6. The first-order valence-electron chi connectivity index (χ1n) is 7.05. The molecule has 104 valence electrons. The lowest BCUT2D eigenvalue weighted by molar-refractivity contribution is 0.279. The Balaban J connectivity index is 2.61. The summed E-state index contributed by atoms with van der Waals surface area (Å²) in [5, 5.41) is 7.78. The van der Waals surface area contributed by atoms with Crippen molar-refractivity contribution in [1.82, 2.24) is 15.1 Å². The van der Waals surface area contributed by atoms with Gasteiger partial charge in [0, 0.05) is 24.3 Å². The Morgan fingerprint density at radius 3 is 2.50 bits per heavy atom. The van der Waals surface area contributed by atoms with Gasteiger partial charge in [-0.3, -0.25) is 4.68 Å². The van der Waals surface area contributed by atoms with Crippen LogP contribution in [0.1, 0.15) is 59.1 Å². The molecule has 0 aliphatic carbocycles. The fourth-order valence-corrected chi connectivity index (χ4v) is 2.68. The molecule has 0 amide bonds. The molecule has 1 N–H and O–H groups in total. The predicted octanol–water partition coefficient (Wildman–Crippen LogP) is 3.63. The van der Waals surface area contributed by atoms with E-state index in [9.17, 15) is 0 Å². The second kappa shape index (κ2) is 6.37. The van der Waals surface area contributed by atoms with Crippen LogP contribution >= 0.6 is 0 Å². The van der Waals surface area contributed by atoms with Crippen molar-refractivity contribution < 1.29 is 0 Å². The quantitative estimate of drug-likeness (QED) is 0.836. The maximum Gasteiger partial charge on any atom is 0.0537 e. The molecule has 1 aromatic rings. The van der Waals surface area contributed by atoms with Gasteiger partial charge in [0.25, 0.3) is 0 Å². The molecule has 0 fully saturated rings. The molecule has 2 unspecified atom stereocenters. The fourth-order valence-electron chi connectivity index (χ4n) is 2.68. The van der Waals surface area contributed by atoms with Crippen molar-refractivity contribution >= 4 is 0 Å². The lowest BCUT2D eigenvalue weighted by atomic mass is 9.82. The van der Waals surface area contributed by atoms with Crippen LogP contribution in [-0.4, -0.2) is 16.8 Å². The van der Waals surface area contributed by atoms with Gasteiger partial charge in [0.2, 0.25) is 0 Å². The van der Waals surface area contributed by atoms with Crippen molar-refractivity contribution in [2.45, 2.75) is 60.0 Å². The van der Waals surface area contributed by atoms with E-state index in [2.05, 4.69) is 51.2 Å². The van der Waals surface area contributed by atoms with Crippen molar-refractivity contribution in [3.05, 3.63) is 18.0 Å². The van der Waals surface area contributed by atoms with Gasteiger partial charge < -0.3 is 5.32 Å². The molecule has 1 heterocycles. The zero-order valence-corrected chi connectivity index (χ0v) is 12.8. The van der Waals surface area contributed by atoms with Gasteiger partial charge in [0.1, 0.15) is 0 Å². The molecule has 0 saturated heterocycles. The van der Waals surface area contributed by atoms with Crippen LogP contribution in [0.4, 0.5) is 0 Å². The van der Waals surface area contributed by atoms with Crippen LogP contribution < -0.4 is 5.32 Å². The maximum atomic E-state index is 4.36. The third-order valence-electron chi connectivity index (χ3n) is 3.33. The van der Waals surface area contributed by atoms with E-state index in [0.29, 0.717) is 17.4 Å². The van der Waals surface area contributed by atoms with Gasteiger partial charge in [0.15, 0.2) is 0 Å². The number of hydrogen-bond donors (Lipinski definition) is 1. The minimum Gasteiger partial charge on any atom is -0.313 e. The van der Waals surface area contributed by atoms with Gasteiger partial charge in [-0.2, -0.15) is 5.10 Å². The molecular weight excluding hydrogens is 222 g/mol. The van der Waals surface area contributed by atoms with E-state index in [-0.39, 0.29) is 0 Å². The predicted molar refractivity (Wildman–Crippen MR) is 77.6 cm³/mol. The molecule has 18 heavy (non-hydrogen) atoms. The molecule has 3 nitrogen and oxygen atoms in total. The monoisotopic (exact) mass is 251 g/mol. The van der Waals surface area contributed by atoms with Crippen molar-refractivity contribution in [3.63, 3.8) is 0 Å². The normalized spacial score (nSPS) is 15.7. The van der Waals surface area contributed by atoms with Gasteiger partial charge in [-0.1, -0.05) is 27.7 Å². The zero-order valence-electron chi connectivity index (χ0n) is 12.8. The smallest absolute Gasteiger partial charge is 0.0537 e. The Kier molecular flexibility index (Phi) is 5.39. The summed E-state index contributed by atoms with van der Waals surface area (Å²) in [4.78, 5) is 0. The molecule has 0 aliphatic heterocycles. The molecule has 0 radical (unpaired) electrons. The van der Waals surface area contributed by atoms with E-state index in [4.69, 9.17) is 0 Å². The molecule has 2 atom stereocenters. The van der Waals surface area contributed by atoms with Crippen LogP contribution in [0.3, 0.4) is 0 Å². The standard InChI is InChI=1S/C15H29N3/c1-7-18-11-13(10-17-18)14(16-6)8-12(2)9-15(3,4)5/h10-12,14,16H,7-9H2,1-6H3. The minimum absolute atomic E-state index is 0.408. The summed E-state index contributed by atoms with van der Waals surface area (Å²) in [6.45, 7) is 12.3. The Hall–Kier alpha value is -0.830. The highest BCUT2D eigenvalue weighted by molar-refractivity contribution is 5.10. The number of aromatic nitrogens is 2. The lowest BCUT2D eigenvalue weighted by Gasteiger charge is -2.26. The van der Waals surface area contributed by atoms with Crippen LogP contribution in [0.25, 0.3) is 0 Å². The Morgan fingerprint density at radius 1 is 1.39 bits per heavy atom. The van der Waals surface area contributed by atoms with Crippen LogP contribution in [-0.2, 0) is 6.54 Å². The second-order valence-electron chi connectivity index (χ2n) is 6.58. The topological polar surface area (TPSA) is 29.9 Å². The summed E-state index contributed by atoms with van der Waals surface area (Å²) in [6, 6.07) is 0.419. The number of aryl methyl sites for hydroxylation is 1. The van der Waals surface area contributed by atoms with Gasteiger partial charge in [-0.05, 0) is 38.1 Å². The van der Waals surface area contributed by atoms with Gasteiger partial charge in [-0.25, -0.2) is 0 Å². The summed E-state index contributed by atoms with van der Waals surface area (Å²) >= 11 is 0. The average Bonchev–Trinajstić information content (AvgIpc) is 2.71. The number of nitrogens with one attached hydrogen (secondary N) is 1. The van der Waals surface area contributed by atoms with Crippen molar-refractivity contribution in [1.29, 1.82) is 0 Å². The first-order valence-corrected chi connectivity index (χ1v) is 7.05. The molecular formula is C15H29N3. The fraction of sp³-hybridized carbons (Fsp3) is 0.800. The summed E-state index contributed by atoms with van der Waals surface area (Å²) in [5.74, 6) is 0.715. The highest BCUT2D eigenvalue weighted by Crippen LogP contribution is 2.30. The minimum atomic E-state index is 0.408. The largest absolute Gasteiger partial charge is 0.313 e. The zero-order chi connectivity index (χ0) is 13.8. The first-order chi connectivity index (χ1) is 8.35. The molecule has 0 spiro atoms. The maximum absolute atomic E-state index is 4.36. The molecule has 1 rings (SSSR count). The van der Waals surface area contributed by atoms with Gasteiger partial charge in [-0.15, -0.1) is 0 Å². The van der Waals surface area contributed by atoms with Gasteiger partial charge in [0.05, 0.1) is 6.20 Å². The van der Waals surface area contributed by atoms with E-state index >= 15 is 0 Å². The van der Waals surface area contributed by atoms with Gasteiger partial charge >= 0.3 is 0 Å². The van der Waals surface area contributed by atoms with Crippen LogP contribution in [0.5, 0.6) is 0 Å². The molecule has 0 aromatic carbocycles. The Labute approximate surface area is 112 Å². The number of nitrogens with zero attached hydrogens (tertiary/aromatic N) is 2. The van der Waals surface area contributed by atoms with E-state index in [0.717, 1.165) is 6.54 Å². The highest BCUT2D eigenvalue weighted by atomic mass is 15.3. The van der Waals surface area contributed by atoms with Crippen LogP contribution in [0.15, 0.2) is 12.4 Å². The molecule has 1 aromatic heterocycles. The Morgan fingerprint density at radius 2 is 2.06 bits per heavy atom. The lowest BCUT2D eigenvalue weighted by Crippen LogP contribution is -2.21. The van der Waals surface area contributed by atoms with E-state index in [1.165, 1.54) is 18.4 Å². The van der Waals surface area contributed by atoms with Crippen molar-refractivity contribution in [2.24, 2.45) is 11.3 Å². The second-order valence-corrected chi connectivity index (χ2v) is 6.58. The molecule has 0 aliphatic rings. The van der Waals surface area contributed by atoms with Crippen LogP contribution in [0, 0.1) is 11.3 Å². The van der Waals surface area contributed by atoms with E-state index in [1.807, 2.05) is 17.9 Å². The summed E-state index contributed by atoms with van der Waals surface area (Å²) in [5.41, 5.74) is 1.71. The molecule has 0 saturated carbocycles. The molecule has 3 heteroatoms.